The van der Waals surface area contributed by atoms with Crippen LogP contribution in [0.2, 0.25) is 0 Å². The quantitative estimate of drug-likeness (QED) is 0.877. The first kappa shape index (κ1) is 12.6. The van der Waals surface area contributed by atoms with E-state index in [1.54, 1.807) is 0 Å². The summed E-state index contributed by atoms with van der Waals surface area (Å²) in [7, 11) is 0. The van der Waals surface area contributed by atoms with Crippen molar-refractivity contribution in [1.82, 2.24) is 10.1 Å². The molecule has 1 aliphatic rings. The van der Waals surface area contributed by atoms with Crippen LogP contribution in [0, 0.1) is 5.92 Å². The van der Waals surface area contributed by atoms with Crippen LogP contribution in [0.1, 0.15) is 70.5 Å². The Hall–Kier alpha value is -0.900. The van der Waals surface area contributed by atoms with E-state index in [0.717, 1.165) is 12.8 Å². The number of hydrogen-bond acceptors (Lipinski definition) is 4. The molecular formula is C13H23N3O. The first-order valence-corrected chi connectivity index (χ1v) is 6.68. The minimum atomic E-state index is -0.366. The fourth-order valence-corrected chi connectivity index (χ4v) is 2.65. The molecule has 1 heterocycles. The maximum atomic E-state index is 6.47. The third-order valence-electron chi connectivity index (χ3n) is 3.85. The Morgan fingerprint density at radius 1 is 1.53 bits per heavy atom. The maximum absolute atomic E-state index is 6.47. The lowest BCUT2D eigenvalue weighted by molar-refractivity contribution is 0.206. The Morgan fingerprint density at radius 3 is 2.88 bits per heavy atom. The summed E-state index contributed by atoms with van der Waals surface area (Å²) in [6.07, 6.45) is 5.60. The molecule has 96 valence electrons. The van der Waals surface area contributed by atoms with Gasteiger partial charge in [-0.3, -0.25) is 0 Å². The molecule has 2 N–H and O–H groups in total. The molecule has 4 nitrogen and oxygen atoms in total. The topological polar surface area (TPSA) is 64.9 Å². The van der Waals surface area contributed by atoms with E-state index in [9.17, 15) is 0 Å². The molecule has 1 aliphatic carbocycles. The van der Waals surface area contributed by atoms with Gasteiger partial charge in [0.15, 0.2) is 5.82 Å². The maximum Gasteiger partial charge on any atom is 0.229 e. The predicted octanol–water partition coefficient (Wildman–Crippen LogP) is 2.95. The number of hydrogen-bond donors (Lipinski definition) is 1. The van der Waals surface area contributed by atoms with E-state index >= 15 is 0 Å². The van der Waals surface area contributed by atoms with Crippen LogP contribution in [-0.4, -0.2) is 10.1 Å². The first-order chi connectivity index (χ1) is 8.05. The molecule has 0 bridgehead atoms. The standard InChI is InChI=1S/C13H23N3O/c1-4-10-6-5-7-13(14,8-10)12-15-11(9(2)3)17-16-12/h9-10H,4-8,14H2,1-3H3. The van der Waals surface area contributed by atoms with Crippen molar-refractivity contribution in [3.05, 3.63) is 11.7 Å². The Bertz CT molecular complexity index is 374. The summed E-state index contributed by atoms with van der Waals surface area (Å²) >= 11 is 0. The molecule has 0 amide bonds. The molecule has 0 spiro atoms. The Kier molecular flexibility index (Phi) is 3.52. The zero-order chi connectivity index (χ0) is 12.5. The van der Waals surface area contributed by atoms with E-state index < -0.39 is 0 Å². The van der Waals surface area contributed by atoms with Gasteiger partial charge >= 0.3 is 0 Å². The van der Waals surface area contributed by atoms with Crippen LogP contribution in [0.25, 0.3) is 0 Å². The third-order valence-corrected chi connectivity index (χ3v) is 3.85. The second-order valence-electron chi connectivity index (χ2n) is 5.64. The molecule has 0 aliphatic heterocycles. The van der Waals surface area contributed by atoms with Gasteiger partial charge in [-0.2, -0.15) is 4.98 Å². The SMILES string of the molecule is CCC1CCCC(N)(c2noc(C(C)C)n2)C1. The second-order valence-corrected chi connectivity index (χ2v) is 5.64. The van der Waals surface area contributed by atoms with E-state index in [0.29, 0.717) is 17.6 Å². The molecule has 1 aromatic heterocycles. The zero-order valence-electron chi connectivity index (χ0n) is 11.1. The van der Waals surface area contributed by atoms with Crippen molar-refractivity contribution in [2.75, 3.05) is 0 Å². The zero-order valence-corrected chi connectivity index (χ0v) is 11.1. The summed E-state index contributed by atoms with van der Waals surface area (Å²) in [5.74, 6) is 2.38. The molecular weight excluding hydrogens is 214 g/mol. The van der Waals surface area contributed by atoms with E-state index in [1.165, 1.54) is 19.3 Å². The Morgan fingerprint density at radius 2 is 2.29 bits per heavy atom. The van der Waals surface area contributed by atoms with Gasteiger partial charge in [0.25, 0.3) is 0 Å². The summed E-state index contributed by atoms with van der Waals surface area (Å²) in [4.78, 5) is 4.47. The van der Waals surface area contributed by atoms with E-state index in [-0.39, 0.29) is 11.5 Å². The molecule has 1 fully saturated rings. The van der Waals surface area contributed by atoms with Crippen LogP contribution in [0.15, 0.2) is 4.52 Å². The number of nitrogens with two attached hydrogens (primary N) is 1. The van der Waals surface area contributed by atoms with Crippen LogP contribution in [0.3, 0.4) is 0 Å². The average molecular weight is 237 g/mol. The number of aromatic nitrogens is 2. The van der Waals surface area contributed by atoms with Gasteiger partial charge in [0, 0.05) is 5.92 Å². The fourth-order valence-electron chi connectivity index (χ4n) is 2.65. The van der Waals surface area contributed by atoms with Crippen LogP contribution in [0.5, 0.6) is 0 Å². The lowest BCUT2D eigenvalue weighted by Gasteiger charge is -2.35. The minimum Gasteiger partial charge on any atom is -0.339 e. The Balaban J connectivity index is 2.18. The highest BCUT2D eigenvalue weighted by atomic mass is 16.5. The van der Waals surface area contributed by atoms with Crippen LogP contribution in [-0.2, 0) is 5.54 Å². The van der Waals surface area contributed by atoms with Crippen molar-refractivity contribution in [3.8, 4) is 0 Å². The molecule has 1 aromatic rings. The molecule has 2 unspecified atom stereocenters. The van der Waals surface area contributed by atoms with Gasteiger partial charge in [-0.1, -0.05) is 45.2 Å². The van der Waals surface area contributed by atoms with Gasteiger partial charge in [-0.25, -0.2) is 0 Å². The highest BCUT2D eigenvalue weighted by Crippen LogP contribution is 2.38. The molecule has 1 saturated carbocycles. The van der Waals surface area contributed by atoms with Gasteiger partial charge in [-0.05, 0) is 18.8 Å². The van der Waals surface area contributed by atoms with Crippen LogP contribution in [0.4, 0.5) is 0 Å². The largest absolute Gasteiger partial charge is 0.339 e. The second kappa shape index (κ2) is 4.77. The highest BCUT2D eigenvalue weighted by molar-refractivity contribution is 5.07. The molecule has 2 rings (SSSR count). The summed E-state index contributed by atoms with van der Waals surface area (Å²) in [5.41, 5.74) is 6.11. The van der Waals surface area contributed by atoms with Crippen molar-refractivity contribution >= 4 is 0 Å². The Labute approximate surface area is 103 Å². The van der Waals surface area contributed by atoms with Gasteiger partial charge in [0.2, 0.25) is 5.89 Å². The molecule has 0 aromatic carbocycles. The lowest BCUT2D eigenvalue weighted by atomic mass is 9.75. The summed E-state index contributed by atoms with van der Waals surface area (Å²) < 4.78 is 5.27. The summed E-state index contributed by atoms with van der Waals surface area (Å²) in [6.45, 7) is 6.33. The van der Waals surface area contributed by atoms with E-state index in [4.69, 9.17) is 10.3 Å². The average Bonchev–Trinajstić information content (AvgIpc) is 2.79. The summed E-state index contributed by atoms with van der Waals surface area (Å²) in [5, 5.41) is 4.09. The molecule has 0 saturated heterocycles. The van der Waals surface area contributed by atoms with Gasteiger partial charge < -0.3 is 10.3 Å². The highest BCUT2D eigenvalue weighted by Gasteiger charge is 2.37. The van der Waals surface area contributed by atoms with Crippen molar-refractivity contribution in [2.24, 2.45) is 11.7 Å². The van der Waals surface area contributed by atoms with Crippen LogP contribution >= 0.6 is 0 Å². The number of rotatable bonds is 3. The summed E-state index contributed by atoms with van der Waals surface area (Å²) in [6, 6.07) is 0. The fraction of sp³-hybridized carbons (Fsp3) is 0.846. The molecule has 2 atom stereocenters. The third kappa shape index (κ3) is 2.51. The number of nitrogens with zero attached hydrogens (tertiary/aromatic N) is 2. The van der Waals surface area contributed by atoms with Crippen molar-refractivity contribution in [3.63, 3.8) is 0 Å². The minimum absolute atomic E-state index is 0.269. The normalized spacial score (nSPS) is 29.8. The van der Waals surface area contributed by atoms with Crippen molar-refractivity contribution in [2.45, 2.75) is 64.3 Å². The van der Waals surface area contributed by atoms with Gasteiger partial charge in [-0.15, -0.1) is 0 Å². The van der Waals surface area contributed by atoms with Gasteiger partial charge in [0.05, 0.1) is 5.54 Å². The smallest absolute Gasteiger partial charge is 0.229 e. The van der Waals surface area contributed by atoms with Gasteiger partial charge in [0.1, 0.15) is 0 Å². The first-order valence-electron chi connectivity index (χ1n) is 6.68. The lowest BCUT2D eigenvalue weighted by Crippen LogP contribution is -2.42. The van der Waals surface area contributed by atoms with Crippen molar-refractivity contribution < 1.29 is 4.52 Å². The van der Waals surface area contributed by atoms with Crippen LogP contribution < -0.4 is 5.73 Å². The van der Waals surface area contributed by atoms with Crippen molar-refractivity contribution in [1.29, 1.82) is 0 Å². The van der Waals surface area contributed by atoms with E-state index in [1.807, 2.05) is 0 Å². The molecule has 4 heteroatoms. The monoisotopic (exact) mass is 237 g/mol. The van der Waals surface area contributed by atoms with E-state index in [2.05, 4.69) is 30.9 Å². The molecule has 17 heavy (non-hydrogen) atoms. The molecule has 0 radical (unpaired) electrons. The predicted molar refractivity (Wildman–Crippen MR) is 66.5 cm³/mol.